The molecule has 6 nitrogen and oxygen atoms in total. The molecule has 1 aliphatic rings. The summed E-state index contributed by atoms with van der Waals surface area (Å²) in [4.78, 5) is 10.9. The van der Waals surface area contributed by atoms with E-state index in [1.54, 1.807) is 0 Å². The Hall–Kier alpha value is -3.15. The Bertz CT molecular complexity index is 884. The molecule has 0 aliphatic carbocycles. The summed E-state index contributed by atoms with van der Waals surface area (Å²) in [5, 5.41) is 10.3. The fraction of sp³-hybridized carbons (Fsp3) is 0.211. The van der Waals surface area contributed by atoms with Crippen LogP contribution in [0.15, 0.2) is 59.9 Å². The van der Waals surface area contributed by atoms with Crippen LogP contribution in [-0.4, -0.2) is 34.7 Å². The molecule has 0 unspecified atom stereocenters. The first kappa shape index (κ1) is 15.4. The number of nitrogens with one attached hydrogen (secondary N) is 2. The minimum atomic E-state index is 0.702. The van der Waals surface area contributed by atoms with Gasteiger partial charge in [-0.2, -0.15) is 5.10 Å². The van der Waals surface area contributed by atoms with Crippen molar-refractivity contribution in [3.63, 3.8) is 0 Å². The highest BCUT2D eigenvalue weighted by Crippen LogP contribution is 2.27. The summed E-state index contributed by atoms with van der Waals surface area (Å²) in [5.41, 5.74) is 4.81. The summed E-state index contributed by atoms with van der Waals surface area (Å²) in [7, 11) is 1.83. The largest absolute Gasteiger partial charge is 0.352 e. The third-order valence-corrected chi connectivity index (χ3v) is 4.42. The number of fused-ring (bicyclic) bond motifs is 1. The van der Waals surface area contributed by atoms with Crippen LogP contribution in [0.4, 0.5) is 5.69 Å². The van der Waals surface area contributed by atoms with Crippen molar-refractivity contribution in [3.05, 3.63) is 66.0 Å². The molecule has 0 radical (unpaired) electrons. The molecule has 126 valence electrons. The summed E-state index contributed by atoms with van der Waals surface area (Å²) >= 11 is 0. The van der Waals surface area contributed by atoms with Crippen molar-refractivity contribution in [3.8, 4) is 11.4 Å². The summed E-state index contributed by atoms with van der Waals surface area (Å²) in [6, 6.07) is 16.8. The molecule has 0 amide bonds. The molecule has 2 N–H and O–H groups in total. The topological polar surface area (TPSA) is 69.2 Å². The number of nitrogens with zero attached hydrogens (tertiary/aromatic N) is 4. The number of para-hydroxylation sites is 1. The van der Waals surface area contributed by atoms with Crippen LogP contribution in [0.2, 0.25) is 0 Å². The van der Waals surface area contributed by atoms with Crippen molar-refractivity contribution in [2.24, 2.45) is 4.99 Å². The Kier molecular flexibility index (Phi) is 4.16. The van der Waals surface area contributed by atoms with Crippen molar-refractivity contribution in [1.82, 2.24) is 20.5 Å². The van der Waals surface area contributed by atoms with Crippen molar-refractivity contribution in [1.29, 1.82) is 0 Å². The van der Waals surface area contributed by atoms with Crippen LogP contribution in [0.1, 0.15) is 11.1 Å². The zero-order valence-corrected chi connectivity index (χ0v) is 14.1. The molecule has 0 spiro atoms. The third-order valence-electron chi connectivity index (χ3n) is 4.42. The van der Waals surface area contributed by atoms with Gasteiger partial charge in [-0.3, -0.25) is 10.1 Å². The second-order valence-corrected chi connectivity index (χ2v) is 5.97. The lowest BCUT2D eigenvalue weighted by atomic mass is 10.1. The highest BCUT2D eigenvalue weighted by atomic mass is 15.3. The summed E-state index contributed by atoms with van der Waals surface area (Å²) < 4.78 is 0. The van der Waals surface area contributed by atoms with Gasteiger partial charge in [-0.05, 0) is 29.7 Å². The number of hydrogen-bond donors (Lipinski definition) is 2. The number of H-pyrrole nitrogens is 1. The number of aromatic amines is 1. The standard InChI is InChI=1S/C19H20N6/c1-20-19(25-10-9-15-6-2-3-8-17(15)25)21-12-14-5-4-7-16(11-14)18-22-13-23-24-18/h2-8,11,13H,9-10,12H2,1H3,(H,20,21)(H,22,23,24). The molecule has 0 saturated carbocycles. The first-order chi connectivity index (χ1) is 12.3. The van der Waals surface area contributed by atoms with Gasteiger partial charge in [0.15, 0.2) is 11.8 Å². The van der Waals surface area contributed by atoms with Crippen molar-refractivity contribution in [2.75, 3.05) is 18.5 Å². The zero-order chi connectivity index (χ0) is 17.1. The average Bonchev–Trinajstić information content (AvgIpc) is 3.33. The predicted molar refractivity (Wildman–Crippen MR) is 99.5 cm³/mol. The molecular formula is C19H20N6. The first-order valence-corrected chi connectivity index (χ1v) is 8.36. The molecule has 1 aliphatic heterocycles. The molecule has 0 bridgehead atoms. The number of aromatic nitrogens is 3. The number of guanidine groups is 1. The molecule has 0 saturated heterocycles. The average molecular weight is 332 g/mol. The lowest BCUT2D eigenvalue weighted by Gasteiger charge is -2.22. The molecule has 4 rings (SSSR count). The number of rotatable bonds is 3. The van der Waals surface area contributed by atoms with Gasteiger partial charge in [-0.1, -0.05) is 36.4 Å². The van der Waals surface area contributed by atoms with Crippen LogP contribution >= 0.6 is 0 Å². The second-order valence-electron chi connectivity index (χ2n) is 5.97. The summed E-state index contributed by atoms with van der Waals surface area (Å²) in [6.45, 7) is 1.66. The van der Waals surface area contributed by atoms with Crippen LogP contribution < -0.4 is 10.2 Å². The summed E-state index contributed by atoms with van der Waals surface area (Å²) in [5.74, 6) is 1.68. The van der Waals surface area contributed by atoms with Gasteiger partial charge in [0, 0.05) is 31.4 Å². The van der Waals surface area contributed by atoms with Crippen LogP contribution in [0, 0.1) is 0 Å². The third kappa shape index (κ3) is 3.10. The Morgan fingerprint density at radius 3 is 3.00 bits per heavy atom. The molecule has 3 aromatic rings. The maximum Gasteiger partial charge on any atom is 0.198 e. The van der Waals surface area contributed by atoms with Gasteiger partial charge in [0.2, 0.25) is 0 Å². The number of benzene rings is 2. The molecular weight excluding hydrogens is 312 g/mol. The van der Waals surface area contributed by atoms with Crippen molar-refractivity contribution in [2.45, 2.75) is 13.0 Å². The van der Waals surface area contributed by atoms with Crippen LogP contribution in [0.25, 0.3) is 11.4 Å². The molecule has 0 atom stereocenters. The normalized spacial score (nSPS) is 13.8. The van der Waals surface area contributed by atoms with Gasteiger partial charge >= 0.3 is 0 Å². The van der Waals surface area contributed by atoms with Crippen LogP contribution in [0.5, 0.6) is 0 Å². The number of hydrogen-bond acceptors (Lipinski definition) is 3. The smallest absolute Gasteiger partial charge is 0.198 e. The molecule has 6 heteroatoms. The van der Waals surface area contributed by atoms with E-state index in [1.807, 2.05) is 19.2 Å². The molecule has 25 heavy (non-hydrogen) atoms. The highest BCUT2D eigenvalue weighted by molar-refractivity contribution is 5.97. The zero-order valence-electron chi connectivity index (χ0n) is 14.1. The van der Waals surface area contributed by atoms with Gasteiger partial charge in [0.25, 0.3) is 0 Å². The minimum Gasteiger partial charge on any atom is -0.352 e. The Morgan fingerprint density at radius 2 is 2.16 bits per heavy atom. The van der Waals surface area contributed by atoms with E-state index in [-0.39, 0.29) is 0 Å². The van der Waals surface area contributed by atoms with E-state index in [9.17, 15) is 0 Å². The van der Waals surface area contributed by atoms with E-state index in [0.717, 1.165) is 30.3 Å². The summed E-state index contributed by atoms with van der Waals surface area (Å²) in [6.07, 6.45) is 2.57. The van der Waals surface area contributed by atoms with E-state index >= 15 is 0 Å². The fourth-order valence-corrected chi connectivity index (χ4v) is 3.21. The Labute approximate surface area is 146 Å². The van der Waals surface area contributed by atoms with Gasteiger partial charge in [-0.25, -0.2) is 4.98 Å². The lowest BCUT2D eigenvalue weighted by Crippen LogP contribution is -2.40. The number of aliphatic imine (C=N–C) groups is 1. The highest BCUT2D eigenvalue weighted by Gasteiger charge is 2.22. The second kappa shape index (κ2) is 6.76. The fourth-order valence-electron chi connectivity index (χ4n) is 3.21. The van der Waals surface area contributed by atoms with Crippen molar-refractivity contribution >= 4 is 11.6 Å². The van der Waals surface area contributed by atoms with Gasteiger partial charge in [-0.15, -0.1) is 0 Å². The Morgan fingerprint density at radius 1 is 1.24 bits per heavy atom. The van der Waals surface area contributed by atoms with E-state index < -0.39 is 0 Å². The lowest BCUT2D eigenvalue weighted by molar-refractivity contribution is 0.867. The van der Waals surface area contributed by atoms with E-state index in [1.165, 1.54) is 23.1 Å². The number of anilines is 1. The SMILES string of the molecule is CN=C(NCc1cccc(-c2ncn[nH]2)c1)N1CCc2ccccc21. The minimum absolute atomic E-state index is 0.702. The first-order valence-electron chi connectivity index (χ1n) is 8.36. The van der Waals surface area contributed by atoms with Gasteiger partial charge in [0.1, 0.15) is 6.33 Å². The maximum absolute atomic E-state index is 4.46. The maximum atomic E-state index is 4.46. The molecule has 0 fully saturated rings. The van der Waals surface area contributed by atoms with E-state index in [0.29, 0.717) is 6.54 Å². The van der Waals surface area contributed by atoms with Crippen LogP contribution in [-0.2, 0) is 13.0 Å². The van der Waals surface area contributed by atoms with E-state index in [4.69, 9.17) is 0 Å². The van der Waals surface area contributed by atoms with E-state index in [2.05, 4.69) is 66.8 Å². The van der Waals surface area contributed by atoms with Crippen molar-refractivity contribution < 1.29 is 0 Å². The quantitative estimate of drug-likeness (QED) is 0.571. The molecule has 2 aromatic carbocycles. The van der Waals surface area contributed by atoms with Gasteiger partial charge < -0.3 is 10.2 Å². The Balaban J connectivity index is 1.48. The monoisotopic (exact) mass is 332 g/mol. The van der Waals surface area contributed by atoms with Gasteiger partial charge in [0.05, 0.1) is 0 Å². The predicted octanol–water partition coefficient (Wildman–Crippen LogP) is 2.61. The molecule has 2 heterocycles. The molecule has 1 aromatic heterocycles. The van der Waals surface area contributed by atoms with Crippen LogP contribution in [0.3, 0.4) is 0 Å².